The third-order valence-corrected chi connectivity index (χ3v) is 4.26. The van der Waals surface area contributed by atoms with Crippen LogP contribution < -0.4 is 5.32 Å². The van der Waals surface area contributed by atoms with Gasteiger partial charge in [0, 0.05) is 10.9 Å². The molecule has 1 nitrogen and oxygen atoms in total. The van der Waals surface area contributed by atoms with E-state index in [1.807, 2.05) is 19.2 Å². The van der Waals surface area contributed by atoms with Crippen LogP contribution in [0.1, 0.15) is 10.4 Å². The number of thiophene rings is 1. The summed E-state index contributed by atoms with van der Waals surface area (Å²) < 4.78 is 13.4. The number of benzene rings is 1. The zero-order valence-corrected chi connectivity index (χ0v) is 11.7. The predicted octanol–water partition coefficient (Wildman–Crippen LogP) is 3.91. The summed E-state index contributed by atoms with van der Waals surface area (Å²) in [6.07, 6.45) is 1.66. The van der Waals surface area contributed by atoms with Crippen molar-refractivity contribution in [2.24, 2.45) is 0 Å². The molecule has 0 aliphatic heterocycles. The first-order valence-corrected chi connectivity index (χ1v) is 7.09. The molecule has 0 radical (unpaired) electrons. The van der Waals surface area contributed by atoms with E-state index in [0.29, 0.717) is 0 Å². The molecule has 96 valence electrons. The Bertz CT molecular complexity index is 499. The van der Waals surface area contributed by atoms with Gasteiger partial charge in [0.1, 0.15) is 5.82 Å². The van der Waals surface area contributed by atoms with E-state index in [0.717, 1.165) is 18.4 Å². The minimum absolute atomic E-state index is 0.240. The van der Waals surface area contributed by atoms with Crippen LogP contribution in [0.3, 0.4) is 0 Å². The Morgan fingerprint density at radius 3 is 2.78 bits per heavy atom. The standard InChI is InChI=1S/C14H15ClFNS/c1-17-11(9-12-5-3-7-18-12)8-10-4-2-6-13(16)14(10)15/h2-7,11,17H,8-9H2,1H3. The molecule has 0 saturated heterocycles. The Morgan fingerprint density at radius 1 is 1.28 bits per heavy atom. The van der Waals surface area contributed by atoms with Gasteiger partial charge in [-0.2, -0.15) is 0 Å². The van der Waals surface area contributed by atoms with Gasteiger partial charge in [-0.25, -0.2) is 4.39 Å². The number of likely N-dealkylation sites (N-methyl/N-ethyl adjacent to an activating group) is 1. The number of hydrogen-bond donors (Lipinski definition) is 1. The van der Waals surface area contributed by atoms with E-state index in [4.69, 9.17) is 11.6 Å². The second-order valence-electron chi connectivity index (χ2n) is 4.19. The Balaban J connectivity index is 2.08. The molecule has 0 amide bonds. The molecular formula is C14H15ClFNS. The van der Waals surface area contributed by atoms with Gasteiger partial charge in [0.2, 0.25) is 0 Å². The number of halogens is 2. The highest BCUT2D eigenvalue weighted by Gasteiger charge is 2.13. The van der Waals surface area contributed by atoms with Crippen LogP contribution in [-0.4, -0.2) is 13.1 Å². The van der Waals surface area contributed by atoms with Crippen LogP contribution in [0.25, 0.3) is 0 Å². The summed E-state index contributed by atoms with van der Waals surface area (Å²) in [5, 5.41) is 5.57. The lowest BCUT2D eigenvalue weighted by atomic mass is 10.0. The third kappa shape index (κ3) is 3.31. The van der Waals surface area contributed by atoms with E-state index in [-0.39, 0.29) is 16.9 Å². The van der Waals surface area contributed by atoms with Crippen molar-refractivity contribution in [3.63, 3.8) is 0 Å². The molecule has 2 aromatic rings. The van der Waals surface area contributed by atoms with Crippen LogP contribution in [0.15, 0.2) is 35.7 Å². The number of rotatable bonds is 5. The molecular weight excluding hydrogens is 269 g/mol. The van der Waals surface area contributed by atoms with E-state index < -0.39 is 0 Å². The van der Waals surface area contributed by atoms with Crippen molar-refractivity contribution in [3.8, 4) is 0 Å². The molecule has 1 aromatic carbocycles. The Hall–Kier alpha value is -0.900. The monoisotopic (exact) mass is 283 g/mol. The first-order valence-electron chi connectivity index (χ1n) is 5.83. The van der Waals surface area contributed by atoms with Crippen molar-refractivity contribution in [1.29, 1.82) is 0 Å². The smallest absolute Gasteiger partial charge is 0.142 e. The van der Waals surface area contributed by atoms with E-state index in [1.54, 1.807) is 17.4 Å². The predicted molar refractivity (Wildman–Crippen MR) is 76.0 cm³/mol. The normalized spacial score (nSPS) is 12.6. The molecule has 1 atom stereocenters. The lowest BCUT2D eigenvalue weighted by molar-refractivity contribution is 0.556. The first-order chi connectivity index (χ1) is 8.70. The largest absolute Gasteiger partial charge is 0.316 e. The maximum Gasteiger partial charge on any atom is 0.142 e. The van der Waals surface area contributed by atoms with Gasteiger partial charge in [-0.3, -0.25) is 0 Å². The fraction of sp³-hybridized carbons (Fsp3) is 0.286. The molecule has 1 N–H and O–H groups in total. The summed E-state index contributed by atoms with van der Waals surface area (Å²) in [4.78, 5) is 1.32. The maximum atomic E-state index is 13.4. The highest BCUT2D eigenvalue weighted by Crippen LogP contribution is 2.22. The van der Waals surface area contributed by atoms with Crippen LogP contribution in [0.5, 0.6) is 0 Å². The van der Waals surface area contributed by atoms with Gasteiger partial charge >= 0.3 is 0 Å². The SMILES string of the molecule is CNC(Cc1cccs1)Cc1cccc(F)c1Cl. The Labute approximate surface area is 116 Å². The lowest BCUT2D eigenvalue weighted by Crippen LogP contribution is -2.29. The van der Waals surface area contributed by atoms with Crippen LogP contribution in [0.4, 0.5) is 4.39 Å². The van der Waals surface area contributed by atoms with Gasteiger partial charge in [0.15, 0.2) is 0 Å². The van der Waals surface area contributed by atoms with Gasteiger partial charge in [-0.05, 0) is 43.0 Å². The van der Waals surface area contributed by atoms with E-state index in [1.165, 1.54) is 10.9 Å². The molecule has 0 aliphatic carbocycles. The second kappa shape index (κ2) is 6.32. The van der Waals surface area contributed by atoms with Crippen molar-refractivity contribution in [3.05, 3.63) is 57.0 Å². The van der Waals surface area contributed by atoms with Gasteiger partial charge in [-0.1, -0.05) is 29.8 Å². The molecule has 2 rings (SSSR count). The van der Waals surface area contributed by atoms with E-state index in [9.17, 15) is 4.39 Å². The van der Waals surface area contributed by atoms with Crippen molar-refractivity contribution in [1.82, 2.24) is 5.32 Å². The second-order valence-corrected chi connectivity index (χ2v) is 5.60. The molecule has 0 saturated carbocycles. The molecule has 4 heteroatoms. The van der Waals surface area contributed by atoms with Crippen molar-refractivity contribution in [2.75, 3.05) is 7.05 Å². The molecule has 0 spiro atoms. The van der Waals surface area contributed by atoms with E-state index >= 15 is 0 Å². The average Bonchev–Trinajstić information content (AvgIpc) is 2.86. The van der Waals surface area contributed by atoms with Crippen molar-refractivity contribution < 1.29 is 4.39 Å². The first kappa shape index (κ1) is 13.5. The van der Waals surface area contributed by atoms with Crippen LogP contribution in [0.2, 0.25) is 5.02 Å². The lowest BCUT2D eigenvalue weighted by Gasteiger charge is -2.16. The summed E-state index contributed by atoms with van der Waals surface area (Å²) >= 11 is 7.71. The highest BCUT2D eigenvalue weighted by atomic mass is 35.5. The average molecular weight is 284 g/mol. The quantitative estimate of drug-likeness (QED) is 0.877. The Morgan fingerprint density at radius 2 is 2.11 bits per heavy atom. The topological polar surface area (TPSA) is 12.0 Å². The van der Waals surface area contributed by atoms with Crippen molar-refractivity contribution in [2.45, 2.75) is 18.9 Å². The molecule has 1 heterocycles. The zero-order chi connectivity index (χ0) is 13.0. The van der Waals surface area contributed by atoms with Crippen LogP contribution >= 0.6 is 22.9 Å². The fourth-order valence-electron chi connectivity index (χ4n) is 1.92. The summed E-state index contributed by atoms with van der Waals surface area (Å²) in [6, 6.07) is 9.39. The zero-order valence-electron chi connectivity index (χ0n) is 10.1. The highest BCUT2D eigenvalue weighted by molar-refractivity contribution is 7.09. The molecule has 0 bridgehead atoms. The van der Waals surface area contributed by atoms with Gasteiger partial charge in [0.25, 0.3) is 0 Å². The minimum atomic E-state index is -0.347. The molecule has 0 fully saturated rings. The van der Waals surface area contributed by atoms with E-state index in [2.05, 4.69) is 16.8 Å². The molecule has 0 aliphatic rings. The van der Waals surface area contributed by atoms with Gasteiger partial charge in [-0.15, -0.1) is 11.3 Å². The van der Waals surface area contributed by atoms with Gasteiger partial charge in [0.05, 0.1) is 5.02 Å². The fourth-order valence-corrected chi connectivity index (χ4v) is 2.91. The third-order valence-electron chi connectivity index (χ3n) is 2.93. The maximum absolute atomic E-state index is 13.4. The summed E-state index contributed by atoms with van der Waals surface area (Å²) in [5.74, 6) is -0.347. The van der Waals surface area contributed by atoms with Gasteiger partial charge < -0.3 is 5.32 Å². The molecule has 1 aromatic heterocycles. The molecule has 1 unspecified atom stereocenters. The summed E-state index contributed by atoms with van der Waals surface area (Å²) in [6.45, 7) is 0. The van der Waals surface area contributed by atoms with Crippen LogP contribution in [0, 0.1) is 5.82 Å². The summed E-state index contributed by atoms with van der Waals surface area (Å²) in [7, 11) is 1.92. The summed E-state index contributed by atoms with van der Waals surface area (Å²) in [5.41, 5.74) is 0.854. The van der Waals surface area contributed by atoms with Crippen LogP contribution in [-0.2, 0) is 12.8 Å². The minimum Gasteiger partial charge on any atom is -0.316 e. The number of nitrogens with one attached hydrogen (secondary N) is 1. The molecule has 18 heavy (non-hydrogen) atoms. The Kier molecular flexibility index (Phi) is 4.75. The van der Waals surface area contributed by atoms with Crippen molar-refractivity contribution >= 4 is 22.9 Å². The number of hydrogen-bond acceptors (Lipinski definition) is 2.